The molecule has 0 rings (SSSR count). The molecule has 74 valence electrons. The molecule has 1 nitrogen and oxygen atoms in total. The summed E-state index contributed by atoms with van der Waals surface area (Å²) in [5, 5.41) is 0. The highest BCUT2D eigenvalue weighted by Crippen LogP contribution is 2.31. The van der Waals surface area contributed by atoms with Crippen LogP contribution in [0.25, 0.3) is 0 Å². The van der Waals surface area contributed by atoms with E-state index in [1.807, 2.05) is 0 Å². The fourth-order valence-corrected chi connectivity index (χ4v) is 1.85. The Kier molecular flexibility index (Phi) is 5.94. The van der Waals surface area contributed by atoms with E-state index in [9.17, 15) is 0 Å². The lowest BCUT2D eigenvalue weighted by Crippen LogP contribution is -2.24. The van der Waals surface area contributed by atoms with Gasteiger partial charge < -0.3 is 4.74 Å². The average Bonchev–Trinajstić information content (AvgIpc) is 2.05. The van der Waals surface area contributed by atoms with E-state index in [1.54, 1.807) is 7.11 Å². The second kappa shape index (κ2) is 5.82. The Morgan fingerprint density at radius 2 is 2.08 bits per heavy atom. The molecule has 0 aliphatic heterocycles. The number of rotatable bonds is 6. The maximum Gasteiger partial charge on any atom is 0.0548 e. The minimum Gasteiger partial charge on any atom is -0.382 e. The summed E-state index contributed by atoms with van der Waals surface area (Å²) in [6, 6.07) is 0. The van der Waals surface area contributed by atoms with Gasteiger partial charge in [-0.25, -0.2) is 0 Å². The van der Waals surface area contributed by atoms with Crippen molar-refractivity contribution in [2.45, 2.75) is 46.1 Å². The monoisotopic (exact) mass is 192 g/mol. The molecule has 0 aromatic heterocycles. The van der Waals surface area contributed by atoms with Gasteiger partial charge in [-0.15, -0.1) is 11.6 Å². The zero-order chi connectivity index (χ0) is 9.61. The second-order valence-electron chi connectivity index (χ2n) is 3.94. The zero-order valence-corrected chi connectivity index (χ0v) is 9.45. The first-order valence-electron chi connectivity index (χ1n) is 4.66. The van der Waals surface area contributed by atoms with E-state index in [4.69, 9.17) is 16.3 Å². The molecule has 0 N–H and O–H groups in total. The van der Waals surface area contributed by atoms with Gasteiger partial charge in [0.15, 0.2) is 0 Å². The van der Waals surface area contributed by atoms with Crippen LogP contribution in [0.3, 0.4) is 0 Å². The number of hydrogen-bond acceptors (Lipinski definition) is 1. The van der Waals surface area contributed by atoms with Gasteiger partial charge in [0.2, 0.25) is 0 Å². The zero-order valence-electron chi connectivity index (χ0n) is 8.69. The molecule has 2 unspecified atom stereocenters. The minimum absolute atomic E-state index is 0.256. The van der Waals surface area contributed by atoms with Crippen molar-refractivity contribution in [3.63, 3.8) is 0 Å². The van der Waals surface area contributed by atoms with E-state index in [1.165, 1.54) is 12.8 Å². The minimum atomic E-state index is 0.256. The maximum absolute atomic E-state index is 5.93. The maximum atomic E-state index is 5.93. The molecule has 0 bridgehead atoms. The largest absolute Gasteiger partial charge is 0.382 e. The number of methoxy groups -OCH3 is 1. The summed E-state index contributed by atoms with van der Waals surface area (Å²) in [5.74, 6) is 0.731. The second-order valence-corrected chi connectivity index (χ2v) is 4.21. The van der Waals surface area contributed by atoms with E-state index in [2.05, 4.69) is 20.8 Å². The Balaban J connectivity index is 3.94. The Hall–Kier alpha value is 0.250. The SMILES string of the molecule is CCCC(C)(CCl)CC(C)OC. The molecule has 12 heavy (non-hydrogen) atoms. The molecule has 2 heteroatoms. The van der Waals surface area contributed by atoms with Gasteiger partial charge in [-0.3, -0.25) is 0 Å². The van der Waals surface area contributed by atoms with Crippen molar-refractivity contribution in [2.75, 3.05) is 13.0 Å². The summed E-state index contributed by atoms with van der Waals surface area (Å²) < 4.78 is 5.24. The third kappa shape index (κ3) is 4.32. The predicted molar refractivity (Wildman–Crippen MR) is 54.8 cm³/mol. The van der Waals surface area contributed by atoms with Crippen LogP contribution in [0, 0.1) is 5.41 Å². The third-order valence-corrected chi connectivity index (χ3v) is 3.00. The van der Waals surface area contributed by atoms with Gasteiger partial charge in [0.1, 0.15) is 0 Å². The smallest absolute Gasteiger partial charge is 0.0548 e. The van der Waals surface area contributed by atoms with Gasteiger partial charge >= 0.3 is 0 Å². The molecule has 0 aromatic rings. The van der Waals surface area contributed by atoms with Crippen molar-refractivity contribution in [3.8, 4) is 0 Å². The first kappa shape index (κ1) is 12.2. The van der Waals surface area contributed by atoms with Crippen molar-refractivity contribution in [1.82, 2.24) is 0 Å². The highest BCUT2D eigenvalue weighted by molar-refractivity contribution is 6.18. The van der Waals surface area contributed by atoms with E-state index in [0.717, 1.165) is 12.3 Å². The van der Waals surface area contributed by atoms with Crippen LogP contribution in [-0.2, 0) is 4.74 Å². The number of alkyl halides is 1. The molecule has 0 heterocycles. The molecular formula is C10H21ClO. The third-order valence-electron chi connectivity index (χ3n) is 2.36. The van der Waals surface area contributed by atoms with Gasteiger partial charge in [-0.2, -0.15) is 0 Å². The summed E-state index contributed by atoms with van der Waals surface area (Å²) in [7, 11) is 1.76. The normalized spacial score (nSPS) is 18.8. The molecule has 0 spiro atoms. The highest BCUT2D eigenvalue weighted by atomic mass is 35.5. The van der Waals surface area contributed by atoms with Crippen molar-refractivity contribution in [2.24, 2.45) is 5.41 Å². The predicted octanol–water partition coefficient (Wildman–Crippen LogP) is 3.46. The molecule has 0 aliphatic rings. The van der Waals surface area contributed by atoms with Gasteiger partial charge in [0.05, 0.1) is 6.10 Å². The van der Waals surface area contributed by atoms with Crippen LogP contribution < -0.4 is 0 Å². The fourth-order valence-electron chi connectivity index (χ4n) is 1.60. The molecule has 0 saturated carbocycles. The Bertz CT molecular complexity index is 116. The van der Waals surface area contributed by atoms with Gasteiger partial charge in [0.25, 0.3) is 0 Å². The van der Waals surface area contributed by atoms with Crippen LogP contribution in [0.15, 0.2) is 0 Å². The van der Waals surface area contributed by atoms with Crippen LogP contribution in [-0.4, -0.2) is 19.1 Å². The molecule has 0 fully saturated rings. The summed E-state index contributed by atoms with van der Waals surface area (Å²) in [6.45, 7) is 6.53. The van der Waals surface area contributed by atoms with E-state index < -0.39 is 0 Å². The molecule has 0 amide bonds. The van der Waals surface area contributed by atoms with Crippen molar-refractivity contribution in [1.29, 1.82) is 0 Å². The highest BCUT2D eigenvalue weighted by Gasteiger charge is 2.24. The van der Waals surface area contributed by atoms with E-state index >= 15 is 0 Å². The summed E-state index contributed by atoms with van der Waals surface area (Å²) in [4.78, 5) is 0. The number of halogens is 1. The molecule has 0 aliphatic carbocycles. The molecule has 0 radical (unpaired) electrons. The Morgan fingerprint density at radius 3 is 2.42 bits per heavy atom. The molecule has 0 aromatic carbocycles. The number of ether oxygens (including phenoxy) is 1. The first-order valence-corrected chi connectivity index (χ1v) is 5.20. The lowest BCUT2D eigenvalue weighted by molar-refractivity contribution is 0.0735. The van der Waals surface area contributed by atoms with Crippen LogP contribution in [0.1, 0.15) is 40.0 Å². The summed E-state index contributed by atoms with van der Waals surface area (Å²) >= 11 is 5.93. The van der Waals surface area contributed by atoms with Gasteiger partial charge in [-0.1, -0.05) is 20.3 Å². The standard InChI is InChI=1S/C10H21ClO/c1-5-6-10(3,8-11)7-9(2)12-4/h9H,5-8H2,1-4H3. The van der Waals surface area contributed by atoms with Crippen molar-refractivity contribution >= 4 is 11.6 Å². The average molecular weight is 193 g/mol. The van der Waals surface area contributed by atoms with Gasteiger partial charge in [-0.05, 0) is 25.2 Å². The van der Waals surface area contributed by atoms with E-state index in [-0.39, 0.29) is 5.41 Å². The van der Waals surface area contributed by atoms with E-state index in [0.29, 0.717) is 6.10 Å². The quantitative estimate of drug-likeness (QED) is 0.586. The van der Waals surface area contributed by atoms with Gasteiger partial charge in [0, 0.05) is 13.0 Å². The van der Waals surface area contributed by atoms with Crippen molar-refractivity contribution in [3.05, 3.63) is 0 Å². The molecular weight excluding hydrogens is 172 g/mol. The summed E-state index contributed by atoms with van der Waals surface area (Å²) in [6.07, 6.45) is 3.75. The topological polar surface area (TPSA) is 9.23 Å². The molecule has 0 saturated heterocycles. The first-order chi connectivity index (χ1) is 5.58. The Morgan fingerprint density at radius 1 is 1.50 bits per heavy atom. The van der Waals surface area contributed by atoms with Crippen LogP contribution in [0.5, 0.6) is 0 Å². The van der Waals surface area contributed by atoms with Crippen LogP contribution >= 0.6 is 11.6 Å². The van der Waals surface area contributed by atoms with Crippen LogP contribution in [0.2, 0.25) is 0 Å². The fraction of sp³-hybridized carbons (Fsp3) is 1.00. The Labute approximate surface area is 81.4 Å². The lowest BCUT2D eigenvalue weighted by atomic mass is 9.82. The van der Waals surface area contributed by atoms with Crippen LogP contribution in [0.4, 0.5) is 0 Å². The summed E-state index contributed by atoms with van der Waals surface area (Å²) in [5.41, 5.74) is 0.256. The van der Waals surface area contributed by atoms with Crippen molar-refractivity contribution < 1.29 is 4.74 Å². The lowest BCUT2D eigenvalue weighted by Gasteiger charge is -2.29. The molecule has 2 atom stereocenters. The number of hydrogen-bond donors (Lipinski definition) is 0.